The van der Waals surface area contributed by atoms with Crippen LogP contribution in [0.4, 0.5) is 0 Å². The van der Waals surface area contributed by atoms with Crippen LogP contribution in [0.2, 0.25) is 5.02 Å². The molecule has 94 valence electrons. The van der Waals surface area contributed by atoms with Crippen LogP contribution in [0.5, 0.6) is 5.75 Å². The molecule has 0 N–H and O–H groups in total. The number of esters is 1. The summed E-state index contributed by atoms with van der Waals surface area (Å²) in [6.07, 6.45) is 2.81. The first-order valence-corrected chi connectivity index (χ1v) is 5.79. The predicted molar refractivity (Wildman–Crippen MR) is 70.8 cm³/mol. The maximum atomic E-state index is 10.7. The minimum atomic E-state index is -0.413. The van der Waals surface area contributed by atoms with Crippen molar-refractivity contribution in [3.8, 4) is 17.6 Å². The highest BCUT2D eigenvalue weighted by atomic mass is 35.5. The van der Waals surface area contributed by atoms with Crippen molar-refractivity contribution in [3.63, 3.8) is 0 Å². The first-order valence-electron chi connectivity index (χ1n) is 5.41. The second-order valence-corrected chi connectivity index (χ2v) is 4.03. The number of hydrogen-bond acceptors (Lipinski definition) is 4. The highest BCUT2D eigenvalue weighted by Gasteiger charge is 1.98. The molecular formula is C14H9ClN2O2. The number of carbonyl (C=O) groups is 1. The lowest BCUT2D eigenvalue weighted by Crippen LogP contribution is -2.02. The van der Waals surface area contributed by atoms with E-state index in [2.05, 4.69) is 21.8 Å². The first-order chi connectivity index (χ1) is 9.13. The molecule has 0 saturated heterocycles. The summed E-state index contributed by atoms with van der Waals surface area (Å²) in [5.41, 5.74) is 0.817. The molecule has 2 rings (SSSR count). The van der Waals surface area contributed by atoms with E-state index in [9.17, 15) is 4.79 Å². The molecule has 0 aliphatic carbocycles. The summed E-state index contributed by atoms with van der Waals surface area (Å²) in [7, 11) is 0. The molecule has 0 fully saturated rings. The van der Waals surface area contributed by atoms with Gasteiger partial charge >= 0.3 is 5.97 Å². The Balaban J connectivity index is 2.11. The zero-order chi connectivity index (χ0) is 13.7. The second-order valence-electron chi connectivity index (χ2n) is 3.59. The van der Waals surface area contributed by atoms with Crippen molar-refractivity contribution in [2.75, 3.05) is 0 Å². The highest BCUT2D eigenvalue weighted by Crippen LogP contribution is 2.09. The summed E-state index contributed by atoms with van der Waals surface area (Å²) < 4.78 is 4.82. The Morgan fingerprint density at radius 3 is 2.37 bits per heavy atom. The molecule has 4 nitrogen and oxygen atoms in total. The van der Waals surface area contributed by atoms with Gasteiger partial charge in [0.2, 0.25) is 5.82 Å². The van der Waals surface area contributed by atoms with E-state index in [-0.39, 0.29) is 0 Å². The number of halogens is 1. The molecule has 2 aromatic rings. The van der Waals surface area contributed by atoms with Crippen molar-refractivity contribution in [1.82, 2.24) is 9.97 Å². The van der Waals surface area contributed by atoms with Gasteiger partial charge in [-0.3, -0.25) is 4.79 Å². The summed E-state index contributed by atoms with van der Waals surface area (Å²) in [5.74, 6) is 5.95. The Morgan fingerprint density at radius 2 is 1.79 bits per heavy atom. The van der Waals surface area contributed by atoms with Crippen molar-refractivity contribution >= 4 is 17.6 Å². The molecule has 0 spiro atoms. The molecule has 1 aromatic heterocycles. The van der Waals surface area contributed by atoms with Crippen molar-refractivity contribution in [1.29, 1.82) is 0 Å². The van der Waals surface area contributed by atoms with Gasteiger partial charge in [-0.05, 0) is 30.2 Å². The van der Waals surface area contributed by atoms with Crippen LogP contribution in [0.15, 0.2) is 36.7 Å². The fourth-order valence-electron chi connectivity index (χ4n) is 1.26. The van der Waals surface area contributed by atoms with Crippen molar-refractivity contribution in [2.24, 2.45) is 0 Å². The Kier molecular flexibility index (Phi) is 4.11. The van der Waals surface area contributed by atoms with Gasteiger partial charge in [-0.25, -0.2) is 9.97 Å². The van der Waals surface area contributed by atoms with Gasteiger partial charge < -0.3 is 4.74 Å². The molecule has 19 heavy (non-hydrogen) atoms. The van der Waals surface area contributed by atoms with Gasteiger partial charge in [-0.1, -0.05) is 17.5 Å². The van der Waals surface area contributed by atoms with Gasteiger partial charge in [-0.2, -0.15) is 0 Å². The summed E-state index contributed by atoms with van der Waals surface area (Å²) in [6.45, 7) is 1.31. The SMILES string of the molecule is CC(=O)Oc1cnc(C#Cc2ccc(Cl)cc2)nc1. The van der Waals surface area contributed by atoms with E-state index in [0.717, 1.165) is 5.56 Å². The van der Waals surface area contributed by atoms with Crippen LogP contribution in [0.3, 0.4) is 0 Å². The number of rotatable bonds is 1. The maximum absolute atomic E-state index is 10.7. The van der Waals surface area contributed by atoms with Crippen LogP contribution in [0.25, 0.3) is 0 Å². The number of aromatic nitrogens is 2. The van der Waals surface area contributed by atoms with Crippen LogP contribution in [-0.4, -0.2) is 15.9 Å². The molecule has 0 saturated carbocycles. The molecule has 5 heteroatoms. The lowest BCUT2D eigenvalue weighted by atomic mass is 10.2. The molecule has 0 bridgehead atoms. The molecule has 0 radical (unpaired) electrons. The third-order valence-corrected chi connectivity index (χ3v) is 2.30. The molecule has 1 aromatic carbocycles. The maximum Gasteiger partial charge on any atom is 0.308 e. The number of hydrogen-bond donors (Lipinski definition) is 0. The molecule has 0 unspecified atom stereocenters. The van der Waals surface area contributed by atoms with E-state index in [1.807, 2.05) is 12.1 Å². The van der Waals surface area contributed by atoms with Gasteiger partial charge in [0.05, 0.1) is 12.4 Å². The third-order valence-electron chi connectivity index (χ3n) is 2.05. The third kappa shape index (κ3) is 4.09. The average Bonchev–Trinajstić information content (AvgIpc) is 2.39. The Bertz CT molecular complexity index is 640. The summed E-state index contributed by atoms with van der Waals surface area (Å²) in [4.78, 5) is 18.7. The number of nitrogens with zero attached hydrogens (tertiary/aromatic N) is 2. The Labute approximate surface area is 115 Å². The highest BCUT2D eigenvalue weighted by molar-refractivity contribution is 6.30. The van der Waals surface area contributed by atoms with Gasteiger partial charge in [0.1, 0.15) is 0 Å². The first kappa shape index (κ1) is 13.1. The average molecular weight is 273 g/mol. The number of carbonyl (C=O) groups excluding carboxylic acids is 1. The van der Waals surface area contributed by atoms with Crippen LogP contribution in [0.1, 0.15) is 18.3 Å². The van der Waals surface area contributed by atoms with E-state index in [4.69, 9.17) is 16.3 Å². The van der Waals surface area contributed by atoms with Gasteiger partial charge in [-0.15, -0.1) is 0 Å². The van der Waals surface area contributed by atoms with Gasteiger partial charge in [0, 0.05) is 17.5 Å². The second kappa shape index (κ2) is 5.98. The van der Waals surface area contributed by atoms with Gasteiger partial charge in [0.25, 0.3) is 0 Å². The minimum absolute atomic E-state index is 0.296. The fourth-order valence-corrected chi connectivity index (χ4v) is 1.39. The smallest absolute Gasteiger partial charge is 0.308 e. The van der Waals surface area contributed by atoms with E-state index in [1.165, 1.54) is 19.3 Å². The molecule has 1 heterocycles. The molecule has 0 atom stereocenters. The fraction of sp³-hybridized carbons (Fsp3) is 0.0714. The van der Waals surface area contributed by atoms with Crippen LogP contribution >= 0.6 is 11.6 Å². The van der Waals surface area contributed by atoms with Crippen LogP contribution in [0, 0.1) is 11.8 Å². The zero-order valence-corrected chi connectivity index (χ0v) is 10.8. The van der Waals surface area contributed by atoms with E-state index >= 15 is 0 Å². The summed E-state index contributed by atoms with van der Waals surface area (Å²) in [6, 6.07) is 7.14. The predicted octanol–water partition coefficient (Wildman–Crippen LogP) is 2.46. The molecule has 0 aliphatic heterocycles. The van der Waals surface area contributed by atoms with Gasteiger partial charge in [0.15, 0.2) is 5.75 Å². The topological polar surface area (TPSA) is 52.1 Å². The monoisotopic (exact) mass is 272 g/mol. The van der Waals surface area contributed by atoms with Crippen LogP contribution in [-0.2, 0) is 4.79 Å². The van der Waals surface area contributed by atoms with Crippen molar-refractivity contribution in [2.45, 2.75) is 6.92 Å². The normalized spacial score (nSPS) is 9.37. The Morgan fingerprint density at radius 1 is 1.16 bits per heavy atom. The molecule has 0 aliphatic rings. The lowest BCUT2D eigenvalue weighted by molar-refractivity contribution is -0.131. The quantitative estimate of drug-likeness (QED) is 0.591. The lowest BCUT2D eigenvalue weighted by Gasteiger charge is -1.98. The number of ether oxygens (including phenoxy) is 1. The molecule has 0 amide bonds. The van der Waals surface area contributed by atoms with E-state index < -0.39 is 5.97 Å². The van der Waals surface area contributed by atoms with E-state index in [1.54, 1.807) is 12.1 Å². The van der Waals surface area contributed by atoms with E-state index in [0.29, 0.717) is 16.6 Å². The minimum Gasteiger partial charge on any atom is -0.423 e. The summed E-state index contributed by atoms with van der Waals surface area (Å²) >= 11 is 5.77. The van der Waals surface area contributed by atoms with Crippen LogP contribution < -0.4 is 4.74 Å². The summed E-state index contributed by atoms with van der Waals surface area (Å²) in [5, 5.41) is 0.660. The Hall–Kier alpha value is -2.38. The standard InChI is InChI=1S/C14H9ClN2O2/c1-10(18)19-13-8-16-14(17-9-13)7-4-11-2-5-12(15)6-3-11/h2-3,5-6,8-9H,1H3. The largest absolute Gasteiger partial charge is 0.423 e. The van der Waals surface area contributed by atoms with Crippen molar-refractivity contribution in [3.05, 3.63) is 53.1 Å². The van der Waals surface area contributed by atoms with Crippen molar-refractivity contribution < 1.29 is 9.53 Å². The molecular weight excluding hydrogens is 264 g/mol. The zero-order valence-electron chi connectivity index (χ0n) is 10.1. The number of benzene rings is 1.